The fourth-order valence-electron chi connectivity index (χ4n) is 1.60. The predicted molar refractivity (Wildman–Crippen MR) is 71.8 cm³/mol. The number of para-hydroxylation sites is 1. The normalized spacial score (nSPS) is 14.2. The first-order chi connectivity index (χ1) is 8.67. The molecule has 1 rings (SSSR count). The van der Waals surface area contributed by atoms with Crippen molar-refractivity contribution in [1.82, 2.24) is 5.32 Å². The minimum atomic E-state index is -0.579. The molecule has 0 saturated heterocycles. The zero-order valence-electron chi connectivity index (χ0n) is 11.1. The molecule has 1 aromatic rings. The Morgan fingerprint density at radius 3 is 2.67 bits per heavy atom. The van der Waals surface area contributed by atoms with Gasteiger partial charge in [-0.1, -0.05) is 25.1 Å². The molecule has 3 N–H and O–H groups in total. The molecular formula is C14H23NO3. The van der Waals surface area contributed by atoms with Gasteiger partial charge in [0, 0.05) is 12.6 Å². The fraction of sp³-hybridized carbons (Fsp3) is 0.571. The summed E-state index contributed by atoms with van der Waals surface area (Å²) in [5, 5.41) is 21.9. The molecule has 0 amide bonds. The van der Waals surface area contributed by atoms with Crippen molar-refractivity contribution in [1.29, 1.82) is 0 Å². The van der Waals surface area contributed by atoms with Gasteiger partial charge in [-0.3, -0.25) is 0 Å². The van der Waals surface area contributed by atoms with Crippen LogP contribution < -0.4 is 10.1 Å². The average Bonchev–Trinajstić information content (AvgIpc) is 2.39. The lowest BCUT2D eigenvalue weighted by Gasteiger charge is -2.18. The third kappa shape index (κ3) is 5.04. The highest BCUT2D eigenvalue weighted by Gasteiger charge is 2.09. The summed E-state index contributed by atoms with van der Waals surface area (Å²) in [6.45, 7) is 4.72. The van der Waals surface area contributed by atoms with Crippen molar-refractivity contribution in [3.8, 4) is 5.75 Å². The Hall–Kier alpha value is -1.10. The lowest BCUT2D eigenvalue weighted by molar-refractivity contribution is 0.0991. The van der Waals surface area contributed by atoms with E-state index in [0.29, 0.717) is 6.54 Å². The van der Waals surface area contributed by atoms with E-state index in [1.54, 1.807) is 0 Å². The summed E-state index contributed by atoms with van der Waals surface area (Å²) in [6.07, 6.45) is 0.257. The summed E-state index contributed by atoms with van der Waals surface area (Å²) >= 11 is 0. The number of rotatable bonds is 8. The lowest BCUT2D eigenvalue weighted by Crippen LogP contribution is -2.39. The van der Waals surface area contributed by atoms with E-state index in [2.05, 4.69) is 5.32 Å². The van der Waals surface area contributed by atoms with Gasteiger partial charge >= 0.3 is 0 Å². The van der Waals surface area contributed by atoms with Gasteiger partial charge in [-0.2, -0.15) is 0 Å². The largest absolute Gasteiger partial charge is 0.491 e. The molecule has 0 aliphatic rings. The average molecular weight is 253 g/mol. The van der Waals surface area contributed by atoms with E-state index in [0.717, 1.165) is 17.7 Å². The van der Waals surface area contributed by atoms with Crippen LogP contribution >= 0.6 is 0 Å². The van der Waals surface area contributed by atoms with E-state index >= 15 is 0 Å². The van der Waals surface area contributed by atoms with Crippen LogP contribution in [0.15, 0.2) is 24.3 Å². The van der Waals surface area contributed by atoms with Crippen LogP contribution in [0.25, 0.3) is 0 Å². The smallest absolute Gasteiger partial charge is 0.122 e. The minimum absolute atomic E-state index is 0.0399. The molecule has 102 valence electrons. The number of nitrogens with one attached hydrogen (secondary N) is 1. The summed E-state index contributed by atoms with van der Waals surface area (Å²) in [5.74, 6) is 0.797. The van der Waals surface area contributed by atoms with Crippen molar-refractivity contribution in [3.63, 3.8) is 0 Å². The number of aliphatic hydroxyl groups is 2. The van der Waals surface area contributed by atoms with Crippen LogP contribution in [0.2, 0.25) is 0 Å². The van der Waals surface area contributed by atoms with Crippen molar-refractivity contribution >= 4 is 0 Å². The molecule has 0 aromatic heterocycles. The standard InChI is InChI=1S/C14H23NO3/c1-3-12(9-16)15-8-13(17)10-18-14-7-5-4-6-11(14)2/h4-7,12-13,15-17H,3,8-10H2,1-2H3. The lowest BCUT2D eigenvalue weighted by atomic mass is 10.2. The van der Waals surface area contributed by atoms with Crippen molar-refractivity contribution in [3.05, 3.63) is 29.8 Å². The first-order valence-corrected chi connectivity index (χ1v) is 6.38. The molecule has 0 bridgehead atoms. The highest BCUT2D eigenvalue weighted by atomic mass is 16.5. The zero-order chi connectivity index (χ0) is 13.4. The Morgan fingerprint density at radius 1 is 1.33 bits per heavy atom. The highest BCUT2D eigenvalue weighted by Crippen LogP contribution is 2.16. The molecule has 0 heterocycles. The van der Waals surface area contributed by atoms with Gasteiger partial charge < -0.3 is 20.3 Å². The zero-order valence-corrected chi connectivity index (χ0v) is 11.1. The van der Waals surface area contributed by atoms with Crippen LogP contribution in [0.3, 0.4) is 0 Å². The second-order valence-electron chi connectivity index (χ2n) is 4.43. The highest BCUT2D eigenvalue weighted by molar-refractivity contribution is 5.31. The first-order valence-electron chi connectivity index (χ1n) is 6.38. The van der Waals surface area contributed by atoms with E-state index in [1.165, 1.54) is 0 Å². The molecule has 0 fully saturated rings. The second kappa shape index (κ2) is 8.08. The van der Waals surface area contributed by atoms with Crippen molar-refractivity contribution < 1.29 is 14.9 Å². The van der Waals surface area contributed by atoms with Gasteiger partial charge in [0.15, 0.2) is 0 Å². The summed E-state index contributed by atoms with van der Waals surface area (Å²) in [7, 11) is 0. The molecular weight excluding hydrogens is 230 g/mol. The quantitative estimate of drug-likeness (QED) is 0.649. The molecule has 0 spiro atoms. The Balaban J connectivity index is 2.29. The van der Waals surface area contributed by atoms with E-state index in [9.17, 15) is 5.11 Å². The number of aliphatic hydroxyl groups excluding tert-OH is 2. The van der Waals surface area contributed by atoms with Gasteiger partial charge in [0.25, 0.3) is 0 Å². The van der Waals surface area contributed by atoms with Gasteiger partial charge in [0.05, 0.1) is 6.61 Å². The van der Waals surface area contributed by atoms with Crippen LogP contribution in [0.5, 0.6) is 5.75 Å². The maximum atomic E-state index is 9.77. The number of aryl methyl sites for hydroxylation is 1. The van der Waals surface area contributed by atoms with Crippen LogP contribution in [0.1, 0.15) is 18.9 Å². The van der Waals surface area contributed by atoms with Crippen molar-refractivity contribution in [2.75, 3.05) is 19.8 Å². The van der Waals surface area contributed by atoms with E-state index in [-0.39, 0.29) is 19.3 Å². The molecule has 2 atom stereocenters. The van der Waals surface area contributed by atoms with E-state index in [4.69, 9.17) is 9.84 Å². The predicted octanol–water partition coefficient (Wildman–Crippen LogP) is 1.10. The van der Waals surface area contributed by atoms with E-state index < -0.39 is 6.10 Å². The van der Waals surface area contributed by atoms with Crippen LogP contribution in [-0.2, 0) is 0 Å². The minimum Gasteiger partial charge on any atom is -0.491 e. The second-order valence-corrected chi connectivity index (χ2v) is 4.43. The van der Waals surface area contributed by atoms with Crippen LogP contribution in [0.4, 0.5) is 0 Å². The van der Waals surface area contributed by atoms with Gasteiger partial charge in [-0.15, -0.1) is 0 Å². The number of hydrogen-bond acceptors (Lipinski definition) is 4. The first kappa shape index (κ1) is 15.0. The summed E-state index contributed by atoms with van der Waals surface area (Å²) < 4.78 is 5.55. The SMILES string of the molecule is CCC(CO)NCC(O)COc1ccccc1C. The summed E-state index contributed by atoms with van der Waals surface area (Å²) in [6, 6.07) is 7.76. The molecule has 18 heavy (non-hydrogen) atoms. The van der Waals surface area contributed by atoms with Crippen LogP contribution in [-0.4, -0.2) is 42.1 Å². The summed E-state index contributed by atoms with van der Waals surface area (Å²) in [5.41, 5.74) is 1.06. The number of ether oxygens (including phenoxy) is 1. The number of hydrogen-bond donors (Lipinski definition) is 3. The van der Waals surface area contributed by atoms with Crippen molar-refractivity contribution in [2.24, 2.45) is 0 Å². The molecule has 0 aliphatic carbocycles. The molecule has 1 aromatic carbocycles. The third-order valence-corrected chi connectivity index (χ3v) is 2.88. The molecule has 0 aliphatic heterocycles. The van der Waals surface area contributed by atoms with Gasteiger partial charge in [0.1, 0.15) is 18.5 Å². The molecule has 4 heteroatoms. The van der Waals surface area contributed by atoms with Gasteiger partial charge in [-0.05, 0) is 25.0 Å². The van der Waals surface area contributed by atoms with Crippen LogP contribution in [0, 0.1) is 6.92 Å². The molecule has 0 saturated carbocycles. The topological polar surface area (TPSA) is 61.7 Å². The Morgan fingerprint density at radius 2 is 2.06 bits per heavy atom. The maximum absolute atomic E-state index is 9.77. The van der Waals surface area contributed by atoms with Gasteiger partial charge in [-0.25, -0.2) is 0 Å². The Labute approximate surface area is 109 Å². The fourth-order valence-corrected chi connectivity index (χ4v) is 1.60. The van der Waals surface area contributed by atoms with Gasteiger partial charge in [0.2, 0.25) is 0 Å². The molecule has 4 nitrogen and oxygen atoms in total. The Kier molecular flexibility index (Phi) is 6.72. The van der Waals surface area contributed by atoms with Crippen molar-refractivity contribution in [2.45, 2.75) is 32.4 Å². The van der Waals surface area contributed by atoms with E-state index in [1.807, 2.05) is 38.1 Å². The Bertz CT molecular complexity index is 340. The third-order valence-electron chi connectivity index (χ3n) is 2.88. The maximum Gasteiger partial charge on any atom is 0.122 e. The molecule has 0 radical (unpaired) electrons. The summed E-state index contributed by atoms with van der Waals surface area (Å²) in [4.78, 5) is 0. The number of benzene rings is 1. The molecule has 2 unspecified atom stereocenters. The monoisotopic (exact) mass is 253 g/mol.